The first-order chi connectivity index (χ1) is 9.15. The molecule has 0 fully saturated rings. The third kappa shape index (κ3) is 3.95. The van der Waals surface area contributed by atoms with E-state index in [1.165, 1.54) is 18.7 Å². The summed E-state index contributed by atoms with van der Waals surface area (Å²) in [5.41, 5.74) is 3.79. The fraction of sp³-hybridized carbons (Fsp3) is 0.235. The predicted octanol–water partition coefficient (Wildman–Crippen LogP) is 3.94. The van der Waals surface area contributed by atoms with E-state index in [1.54, 1.807) is 6.08 Å². The number of rotatable bonds is 5. The molecule has 0 heterocycles. The summed E-state index contributed by atoms with van der Waals surface area (Å²) in [4.78, 5) is 11.6. The lowest BCUT2D eigenvalue weighted by Gasteiger charge is -2.06. The molecule has 0 amide bonds. The van der Waals surface area contributed by atoms with Gasteiger partial charge in [-0.3, -0.25) is 0 Å². The molecule has 0 N–H and O–H groups in total. The zero-order chi connectivity index (χ0) is 14.3. The van der Waals surface area contributed by atoms with E-state index in [1.807, 2.05) is 25.1 Å². The van der Waals surface area contributed by atoms with Gasteiger partial charge in [-0.05, 0) is 36.1 Å². The van der Waals surface area contributed by atoms with Crippen LogP contribution in [-0.2, 0) is 16.0 Å². The topological polar surface area (TPSA) is 26.3 Å². The van der Waals surface area contributed by atoms with Gasteiger partial charge < -0.3 is 4.74 Å². The number of ether oxygens (including phenoxy) is 1. The van der Waals surface area contributed by atoms with Crippen molar-refractivity contribution in [3.8, 4) is 0 Å². The summed E-state index contributed by atoms with van der Waals surface area (Å²) in [6.45, 7) is 7.71. The molecule has 0 aliphatic carbocycles. The third-order valence-electron chi connectivity index (χ3n) is 2.93. The quantitative estimate of drug-likeness (QED) is 0.453. The molecule has 0 spiro atoms. The van der Waals surface area contributed by atoms with E-state index in [0.717, 1.165) is 17.6 Å². The molecule has 1 aromatic rings. The van der Waals surface area contributed by atoms with Crippen LogP contribution in [-0.4, -0.2) is 13.1 Å². The summed E-state index contributed by atoms with van der Waals surface area (Å²) < 4.78 is 4.72. The second-order valence-corrected chi connectivity index (χ2v) is 4.09. The smallest absolute Gasteiger partial charge is 0.337 e. The Balaban J connectivity index is 3.17. The third-order valence-corrected chi connectivity index (χ3v) is 2.93. The summed E-state index contributed by atoms with van der Waals surface area (Å²) in [5, 5.41) is 0. The standard InChI is InChI=1S/C17H20O2/c1-5-13-9-8-10-16(11-13)14(6-2)12-15(7-3)17(18)19-4/h6-12H,3,5H2,1-2,4H3/b14-6+,15-12+. The highest BCUT2D eigenvalue weighted by Gasteiger charge is 2.07. The van der Waals surface area contributed by atoms with Gasteiger partial charge in [0.1, 0.15) is 0 Å². The van der Waals surface area contributed by atoms with E-state index < -0.39 is 0 Å². The van der Waals surface area contributed by atoms with Crippen LogP contribution in [0, 0.1) is 0 Å². The highest BCUT2D eigenvalue weighted by molar-refractivity contribution is 5.95. The average Bonchev–Trinajstić information content (AvgIpc) is 2.47. The van der Waals surface area contributed by atoms with Crippen molar-refractivity contribution in [3.63, 3.8) is 0 Å². The van der Waals surface area contributed by atoms with Crippen LogP contribution in [0.3, 0.4) is 0 Å². The Morgan fingerprint density at radius 3 is 2.68 bits per heavy atom. The number of hydrogen-bond acceptors (Lipinski definition) is 2. The van der Waals surface area contributed by atoms with E-state index in [-0.39, 0.29) is 5.97 Å². The highest BCUT2D eigenvalue weighted by Crippen LogP contribution is 2.20. The Morgan fingerprint density at radius 2 is 2.16 bits per heavy atom. The molecule has 0 saturated heterocycles. The molecule has 0 aromatic heterocycles. The predicted molar refractivity (Wildman–Crippen MR) is 79.8 cm³/mol. The van der Waals surface area contributed by atoms with E-state index in [2.05, 4.69) is 25.6 Å². The van der Waals surface area contributed by atoms with Crippen molar-refractivity contribution in [2.75, 3.05) is 7.11 Å². The fourth-order valence-corrected chi connectivity index (χ4v) is 1.79. The fourth-order valence-electron chi connectivity index (χ4n) is 1.79. The van der Waals surface area contributed by atoms with Crippen molar-refractivity contribution in [2.45, 2.75) is 20.3 Å². The van der Waals surface area contributed by atoms with Crippen LogP contribution in [0.15, 0.2) is 54.6 Å². The van der Waals surface area contributed by atoms with Crippen molar-refractivity contribution >= 4 is 11.5 Å². The zero-order valence-electron chi connectivity index (χ0n) is 11.8. The Labute approximate surface area is 115 Å². The molecule has 0 atom stereocenters. The first-order valence-electron chi connectivity index (χ1n) is 6.34. The molecule has 1 aromatic carbocycles. The van der Waals surface area contributed by atoms with Crippen LogP contribution in [0.2, 0.25) is 0 Å². The Hall–Kier alpha value is -2.09. The van der Waals surface area contributed by atoms with Crippen LogP contribution in [0.25, 0.3) is 5.57 Å². The van der Waals surface area contributed by atoms with Crippen molar-refractivity contribution < 1.29 is 9.53 Å². The van der Waals surface area contributed by atoms with Gasteiger partial charge in [0.15, 0.2) is 0 Å². The molecule has 0 aliphatic rings. The van der Waals surface area contributed by atoms with Gasteiger partial charge in [0.2, 0.25) is 0 Å². The molecular formula is C17H20O2. The van der Waals surface area contributed by atoms with E-state index in [9.17, 15) is 4.79 Å². The van der Waals surface area contributed by atoms with Crippen LogP contribution >= 0.6 is 0 Å². The van der Waals surface area contributed by atoms with Crippen LogP contribution in [0.4, 0.5) is 0 Å². The van der Waals surface area contributed by atoms with Crippen LogP contribution in [0.1, 0.15) is 25.0 Å². The minimum atomic E-state index is -0.374. The van der Waals surface area contributed by atoms with Gasteiger partial charge in [-0.1, -0.05) is 49.9 Å². The van der Waals surface area contributed by atoms with Gasteiger partial charge in [0, 0.05) is 0 Å². The van der Waals surface area contributed by atoms with Crippen molar-refractivity contribution in [3.05, 3.63) is 65.8 Å². The largest absolute Gasteiger partial charge is 0.465 e. The van der Waals surface area contributed by atoms with Crippen LogP contribution < -0.4 is 0 Å². The number of esters is 1. The van der Waals surface area contributed by atoms with Gasteiger partial charge in [-0.25, -0.2) is 4.79 Å². The monoisotopic (exact) mass is 256 g/mol. The molecule has 0 saturated carbocycles. The minimum absolute atomic E-state index is 0.374. The maximum atomic E-state index is 11.6. The number of carbonyl (C=O) groups is 1. The molecule has 2 nitrogen and oxygen atoms in total. The molecule has 0 aliphatic heterocycles. The average molecular weight is 256 g/mol. The number of carbonyl (C=O) groups excluding carboxylic acids is 1. The summed E-state index contributed by atoms with van der Waals surface area (Å²) in [5.74, 6) is -0.374. The molecule has 0 bridgehead atoms. The number of methoxy groups -OCH3 is 1. The zero-order valence-corrected chi connectivity index (χ0v) is 11.8. The minimum Gasteiger partial charge on any atom is -0.465 e. The van der Waals surface area contributed by atoms with Gasteiger partial charge in [0.25, 0.3) is 0 Å². The molecular weight excluding hydrogens is 236 g/mol. The Morgan fingerprint density at radius 1 is 1.42 bits per heavy atom. The lowest BCUT2D eigenvalue weighted by atomic mass is 10.00. The molecule has 2 heteroatoms. The van der Waals surface area contributed by atoms with Gasteiger partial charge in [-0.2, -0.15) is 0 Å². The highest BCUT2D eigenvalue weighted by atomic mass is 16.5. The maximum Gasteiger partial charge on any atom is 0.337 e. The lowest BCUT2D eigenvalue weighted by Crippen LogP contribution is -2.02. The maximum absolute atomic E-state index is 11.6. The molecule has 19 heavy (non-hydrogen) atoms. The summed E-state index contributed by atoms with van der Waals surface area (Å²) in [6, 6.07) is 8.28. The van der Waals surface area contributed by atoms with Crippen molar-refractivity contribution in [1.29, 1.82) is 0 Å². The van der Waals surface area contributed by atoms with Crippen LogP contribution in [0.5, 0.6) is 0 Å². The van der Waals surface area contributed by atoms with Crippen molar-refractivity contribution in [1.82, 2.24) is 0 Å². The SMILES string of the molecule is C=C/C(=C\C(=C/C)c1cccc(CC)c1)C(=O)OC. The van der Waals surface area contributed by atoms with Gasteiger partial charge in [0.05, 0.1) is 12.7 Å². The van der Waals surface area contributed by atoms with E-state index in [4.69, 9.17) is 4.74 Å². The lowest BCUT2D eigenvalue weighted by molar-refractivity contribution is -0.135. The normalized spacial score (nSPS) is 12.2. The van der Waals surface area contributed by atoms with Gasteiger partial charge in [-0.15, -0.1) is 0 Å². The molecule has 0 radical (unpaired) electrons. The second kappa shape index (κ2) is 7.37. The first-order valence-corrected chi connectivity index (χ1v) is 6.34. The Kier molecular flexibility index (Phi) is 5.80. The first kappa shape index (κ1) is 15.0. The summed E-state index contributed by atoms with van der Waals surface area (Å²) in [6.07, 6.45) is 6.27. The number of allylic oxidation sites excluding steroid dienone is 3. The van der Waals surface area contributed by atoms with E-state index in [0.29, 0.717) is 5.57 Å². The van der Waals surface area contributed by atoms with Gasteiger partial charge >= 0.3 is 5.97 Å². The van der Waals surface area contributed by atoms with Crippen molar-refractivity contribution in [2.24, 2.45) is 0 Å². The molecule has 1 rings (SSSR count). The second-order valence-electron chi connectivity index (χ2n) is 4.09. The number of hydrogen-bond donors (Lipinski definition) is 0. The summed E-state index contributed by atoms with van der Waals surface area (Å²) >= 11 is 0. The Bertz CT molecular complexity index is 522. The number of aryl methyl sites for hydroxylation is 1. The molecule has 100 valence electrons. The van der Waals surface area contributed by atoms with E-state index >= 15 is 0 Å². The number of benzene rings is 1. The summed E-state index contributed by atoms with van der Waals surface area (Å²) in [7, 11) is 1.37. The molecule has 0 unspecified atom stereocenters.